The van der Waals surface area contributed by atoms with Gasteiger partial charge in [-0.3, -0.25) is 4.79 Å². The molecule has 0 aliphatic carbocycles. The van der Waals surface area contributed by atoms with E-state index in [1.54, 1.807) is 12.1 Å². The van der Waals surface area contributed by atoms with Crippen LogP contribution in [0.1, 0.15) is 38.7 Å². The standard InChI is InChI=1S/C16H27N3O3S.ClH/c1-12(2)14-5-7-15(8-6-14)23(21,22)19-10-9-16(20)18-11-13(3)17-4;/h5-8,12-13,17,19H,9-11H2,1-4H3,(H,18,20);1H. The van der Waals surface area contributed by atoms with Gasteiger partial charge in [0, 0.05) is 25.6 Å². The Balaban J connectivity index is 0.00000529. The Labute approximate surface area is 151 Å². The van der Waals surface area contributed by atoms with Gasteiger partial charge in [-0.2, -0.15) is 0 Å². The van der Waals surface area contributed by atoms with Gasteiger partial charge in [0.25, 0.3) is 0 Å². The maximum Gasteiger partial charge on any atom is 0.240 e. The van der Waals surface area contributed by atoms with Gasteiger partial charge in [-0.25, -0.2) is 13.1 Å². The Morgan fingerprint density at radius 3 is 2.21 bits per heavy atom. The molecule has 0 saturated heterocycles. The van der Waals surface area contributed by atoms with Crippen molar-refractivity contribution < 1.29 is 13.2 Å². The van der Waals surface area contributed by atoms with E-state index >= 15 is 0 Å². The van der Waals surface area contributed by atoms with Crippen molar-refractivity contribution >= 4 is 28.3 Å². The van der Waals surface area contributed by atoms with Gasteiger partial charge in [0.2, 0.25) is 15.9 Å². The molecule has 8 heteroatoms. The Morgan fingerprint density at radius 1 is 1.12 bits per heavy atom. The van der Waals surface area contributed by atoms with Crippen molar-refractivity contribution in [3.63, 3.8) is 0 Å². The molecule has 24 heavy (non-hydrogen) atoms. The summed E-state index contributed by atoms with van der Waals surface area (Å²) in [6.45, 7) is 6.64. The van der Waals surface area contributed by atoms with Gasteiger partial charge in [-0.05, 0) is 37.6 Å². The molecular weight excluding hydrogens is 350 g/mol. The second-order valence-electron chi connectivity index (χ2n) is 5.87. The van der Waals surface area contributed by atoms with Crippen molar-refractivity contribution in [2.24, 2.45) is 0 Å². The molecule has 0 spiro atoms. The van der Waals surface area contributed by atoms with Crippen LogP contribution in [0.3, 0.4) is 0 Å². The van der Waals surface area contributed by atoms with E-state index in [1.807, 2.05) is 26.1 Å². The lowest BCUT2D eigenvalue weighted by Gasteiger charge is -2.12. The molecule has 1 amide bonds. The Kier molecular flexibility index (Phi) is 10.1. The lowest BCUT2D eigenvalue weighted by molar-refractivity contribution is -0.121. The molecule has 0 saturated carbocycles. The highest BCUT2D eigenvalue weighted by molar-refractivity contribution is 7.89. The van der Waals surface area contributed by atoms with E-state index in [0.717, 1.165) is 5.56 Å². The fourth-order valence-electron chi connectivity index (χ4n) is 1.87. The number of hydrogen-bond donors (Lipinski definition) is 3. The summed E-state index contributed by atoms with van der Waals surface area (Å²) < 4.78 is 26.8. The SMILES string of the molecule is CNC(C)CNC(=O)CCNS(=O)(=O)c1ccc(C(C)C)cc1.Cl. The summed E-state index contributed by atoms with van der Waals surface area (Å²) in [6, 6.07) is 6.98. The smallest absolute Gasteiger partial charge is 0.240 e. The number of likely N-dealkylation sites (N-methyl/N-ethyl adjacent to an activating group) is 1. The first-order chi connectivity index (χ1) is 10.8. The number of nitrogens with one attached hydrogen (secondary N) is 3. The first kappa shape index (κ1) is 22.9. The molecule has 6 nitrogen and oxygen atoms in total. The van der Waals surface area contributed by atoms with E-state index in [0.29, 0.717) is 12.5 Å². The van der Waals surface area contributed by atoms with Crippen molar-refractivity contribution in [3.8, 4) is 0 Å². The van der Waals surface area contributed by atoms with Crippen molar-refractivity contribution in [2.45, 2.75) is 44.0 Å². The van der Waals surface area contributed by atoms with Gasteiger partial charge >= 0.3 is 0 Å². The second kappa shape index (κ2) is 10.7. The number of sulfonamides is 1. The quantitative estimate of drug-likeness (QED) is 0.610. The summed E-state index contributed by atoms with van der Waals surface area (Å²) in [7, 11) is -1.76. The van der Waals surface area contributed by atoms with E-state index in [1.165, 1.54) is 0 Å². The van der Waals surface area contributed by atoms with E-state index in [-0.39, 0.29) is 42.2 Å². The predicted octanol–water partition coefficient (Wildman–Crippen LogP) is 1.62. The minimum absolute atomic E-state index is 0. The maximum absolute atomic E-state index is 12.2. The van der Waals surface area contributed by atoms with Gasteiger partial charge in [-0.1, -0.05) is 26.0 Å². The Morgan fingerprint density at radius 2 is 1.71 bits per heavy atom. The summed E-state index contributed by atoms with van der Waals surface area (Å²) in [5.41, 5.74) is 1.09. The minimum atomic E-state index is -3.58. The number of halogens is 1. The molecule has 0 bridgehead atoms. The van der Waals surface area contributed by atoms with Gasteiger partial charge in [0.05, 0.1) is 4.90 Å². The van der Waals surface area contributed by atoms with Crippen LogP contribution in [0.5, 0.6) is 0 Å². The normalized spacial score (nSPS) is 12.5. The molecule has 3 N–H and O–H groups in total. The van der Waals surface area contributed by atoms with E-state index in [4.69, 9.17) is 0 Å². The number of amides is 1. The zero-order chi connectivity index (χ0) is 17.5. The van der Waals surface area contributed by atoms with Crippen LogP contribution in [-0.4, -0.2) is 40.5 Å². The molecule has 0 fully saturated rings. The van der Waals surface area contributed by atoms with Crippen LogP contribution in [0, 0.1) is 0 Å². The minimum Gasteiger partial charge on any atom is -0.355 e. The van der Waals surface area contributed by atoms with E-state index < -0.39 is 10.0 Å². The average molecular weight is 378 g/mol. The first-order valence-corrected chi connectivity index (χ1v) is 9.28. The van der Waals surface area contributed by atoms with Crippen molar-refractivity contribution in [3.05, 3.63) is 29.8 Å². The highest BCUT2D eigenvalue weighted by Crippen LogP contribution is 2.17. The highest BCUT2D eigenvalue weighted by Gasteiger charge is 2.14. The number of rotatable bonds is 9. The summed E-state index contributed by atoms with van der Waals surface area (Å²) in [5.74, 6) is 0.174. The largest absolute Gasteiger partial charge is 0.355 e. The molecule has 0 aliphatic heterocycles. The molecular formula is C16H28ClN3O3S. The topological polar surface area (TPSA) is 87.3 Å². The Bertz CT molecular complexity index is 603. The second-order valence-corrected chi connectivity index (χ2v) is 7.63. The Hall–Kier alpha value is -1.15. The first-order valence-electron chi connectivity index (χ1n) is 7.80. The van der Waals surface area contributed by atoms with Crippen molar-refractivity contribution in [1.29, 1.82) is 0 Å². The third kappa shape index (κ3) is 7.61. The fourth-order valence-corrected chi connectivity index (χ4v) is 2.90. The molecule has 0 aliphatic rings. The zero-order valence-corrected chi connectivity index (χ0v) is 16.3. The predicted molar refractivity (Wildman–Crippen MR) is 99.1 cm³/mol. The van der Waals surface area contributed by atoms with Crippen LogP contribution in [0.4, 0.5) is 0 Å². The monoisotopic (exact) mass is 377 g/mol. The molecule has 0 radical (unpaired) electrons. The summed E-state index contributed by atoms with van der Waals surface area (Å²) in [4.78, 5) is 11.8. The van der Waals surface area contributed by atoms with Gasteiger partial charge < -0.3 is 10.6 Å². The van der Waals surface area contributed by atoms with Crippen LogP contribution in [0.15, 0.2) is 29.2 Å². The third-order valence-electron chi connectivity index (χ3n) is 3.60. The summed E-state index contributed by atoms with van der Waals surface area (Å²) in [5, 5.41) is 5.75. The van der Waals surface area contributed by atoms with E-state index in [9.17, 15) is 13.2 Å². The molecule has 1 atom stereocenters. The van der Waals surface area contributed by atoms with Gasteiger partial charge in [0.1, 0.15) is 0 Å². The number of carbonyl (C=O) groups excluding carboxylic acids is 1. The van der Waals surface area contributed by atoms with Crippen LogP contribution in [0.2, 0.25) is 0 Å². The fraction of sp³-hybridized carbons (Fsp3) is 0.562. The van der Waals surface area contributed by atoms with Crippen molar-refractivity contribution in [2.75, 3.05) is 20.1 Å². The zero-order valence-electron chi connectivity index (χ0n) is 14.6. The third-order valence-corrected chi connectivity index (χ3v) is 5.08. The lowest BCUT2D eigenvalue weighted by atomic mass is 10.0. The molecule has 0 heterocycles. The summed E-state index contributed by atoms with van der Waals surface area (Å²) >= 11 is 0. The summed E-state index contributed by atoms with van der Waals surface area (Å²) in [6.07, 6.45) is 0.111. The van der Waals surface area contributed by atoms with Crippen LogP contribution >= 0.6 is 12.4 Å². The number of carbonyl (C=O) groups is 1. The van der Waals surface area contributed by atoms with Crippen LogP contribution in [-0.2, 0) is 14.8 Å². The number of benzene rings is 1. The maximum atomic E-state index is 12.2. The van der Waals surface area contributed by atoms with Crippen LogP contribution in [0.25, 0.3) is 0 Å². The van der Waals surface area contributed by atoms with E-state index in [2.05, 4.69) is 29.2 Å². The number of hydrogen-bond acceptors (Lipinski definition) is 4. The molecule has 0 aromatic heterocycles. The highest BCUT2D eigenvalue weighted by atomic mass is 35.5. The molecule has 1 unspecified atom stereocenters. The lowest BCUT2D eigenvalue weighted by Crippen LogP contribution is -2.38. The van der Waals surface area contributed by atoms with Gasteiger partial charge in [0.15, 0.2) is 0 Å². The average Bonchev–Trinajstić information content (AvgIpc) is 2.52. The molecule has 138 valence electrons. The molecule has 1 aromatic rings. The van der Waals surface area contributed by atoms with Crippen molar-refractivity contribution in [1.82, 2.24) is 15.4 Å². The van der Waals surface area contributed by atoms with Gasteiger partial charge in [-0.15, -0.1) is 12.4 Å². The van der Waals surface area contributed by atoms with Crippen LogP contribution < -0.4 is 15.4 Å². The molecule has 1 rings (SSSR count). The molecule has 1 aromatic carbocycles.